The lowest BCUT2D eigenvalue weighted by atomic mass is 10.0. The Bertz CT molecular complexity index is 665. The Kier molecular flexibility index (Phi) is 3.92. The first-order valence-corrected chi connectivity index (χ1v) is 8.25. The molecule has 0 aliphatic carbocycles. The lowest BCUT2D eigenvalue weighted by molar-refractivity contribution is 0.113. The van der Waals surface area contributed by atoms with Crippen LogP contribution in [0.4, 0.5) is 10.1 Å². The van der Waals surface area contributed by atoms with Gasteiger partial charge in [0.1, 0.15) is 18.2 Å². The molecule has 3 nitrogen and oxygen atoms in total. The highest BCUT2D eigenvalue weighted by atomic mass is 19.1. The van der Waals surface area contributed by atoms with Crippen LogP contribution in [0.1, 0.15) is 5.56 Å². The molecular weight excluding hydrogens is 291 g/mol. The fourth-order valence-corrected chi connectivity index (χ4v) is 3.54. The number of para-hydroxylation sites is 1. The third kappa shape index (κ3) is 3.04. The molecule has 23 heavy (non-hydrogen) atoms. The summed E-state index contributed by atoms with van der Waals surface area (Å²) in [6.45, 7) is 4.77. The molecule has 0 aromatic heterocycles. The highest BCUT2D eigenvalue weighted by Crippen LogP contribution is 2.27. The van der Waals surface area contributed by atoms with E-state index in [2.05, 4.69) is 28.0 Å². The van der Waals surface area contributed by atoms with Gasteiger partial charge in [0, 0.05) is 37.9 Å². The zero-order chi connectivity index (χ0) is 15.6. The van der Waals surface area contributed by atoms with Gasteiger partial charge in [-0.1, -0.05) is 18.2 Å². The normalized spacial score (nSPS) is 21.6. The Balaban J connectivity index is 1.38. The van der Waals surface area contributed by atoms with E-state index in [4.69, 9.17) is 4.74 Å². The van der Waals surface area contributed by atoms with Crippen molar-refractivity contribution in [2.24, 2.45) is 0 Å². The van der Waals surface area contributed by atoms with E-state index in [-0.39, 0.29) is 5.82 Å². The second kappa shape index (κ2) is 6.20. The number of halogens is 1. The smallest absolute Gasteiger partial charge is 0.123 e. The van der Waals surface area contributed by atoms with Crippen LogP contribution in [0.3, 0.4) is 0 Å². The van der Waals surface area contributed by atoms with Gasteiger partial charge in [-0.2, -0.15) is 0 Å². The zero-order valence-corrected chi connectivity index (χ0v) is 13.1. The van der Waals surface area contributed by atoms with E-state index in [1.165, 1.54) is 17.7 Å². The number of hydrogen-bond acceptors (Lipinski definition) is 3. The summed E-state index contributed by atoms with van der Waals surface area (Å²) in [5, 5.41) is 0. The van der Waals surface area contributed by atoms with Crippen LogP contribution in [-0.2, 0) is 6.42 Å². The fraction of sp³-hybridized carbons (Fsp3) is 0.368. The van der Waals surface area contributed by atoms with E-state index in [9.17, 15) is 4.39 Å². The minimum atomic E-state index is -0.176. The first-order valence-electron chi connectivity index (χ1n) is 8.25. The van der Waals surface area contributed by atoms with Crippen LogP contribution in [0.2, 0.25) is 0 Å². The van der Waals surface area contributed by atoms with Gasteiger partial charge in [0.05, 0.1) is 0 Å². The molecule has 4 rings (SSSR count). The maximum absolute atomic E-state index is 13.0. The van der Waals surface area contributed by atoms with Crippen LogP contribution in [0.5, 0.6) is 5.75 Å². The number of ether oxygens (including phenoxy) is 1. The summed E-state index contributed by atoms with van der Waals surface area (Å²) in [6.07, 6.45) is 1.06. The monoisotopic (exact) mass is 312 g/mol. The van der Waals surface area contributed by atoms with Crippen LogP contribution in [0, 0.1) is 5.82 Å². The molecule has 1 atom stereocenters. The summed E-state index contributed by atoms with van der Waals surface area (Å²) < 4.78 is 19.0. The summed E-state index contributed by atoms with van der Waals surface area (Å²) in [6, 6.07) is 15.6. The van der Waals surface area contributed by atoms with Crippen molar-refractivity contribution in [2.75, 3.05) is 37.7 Å². The van der Waals surface area contributed by atoms with Crippen molar-refractivity contribution >= 4 is 5.69 Å². The third-order valence-corrected chi connectivity index (χ3v) is 4.88. The first kappa shape index (κ1) is 14.5. The second-order valence-electron chi connectivity index (χ2n) is 6.28. The summed E-state index contributed by atoms with van der Waals surface area (Å²) >= 11 is 0. The Morgan fingerprint density at radius 1 is 0.913 bits per heavy atom. The highest BCUT2D eigenvalue weighted by Gasteiger charge is 2.28. The number of fused-ring (bicyclic) bond motifs is 1. The standard InChI is InChI=1S/C19H21FN2O/c20-16-5-7-17(8-6-16)21-9-11-22(12-10-21)18-13-15-3-1-2-4-19(15)23-14-18/h1-8,18H,9-14H2/t18-/m0/s1. The lowest BCUT2D eigenvalue weighted by Crippen LogP contribution is -2.53. The molecule has 1 fully saturated rings. The number of rotatable bonds is 2. The molecule has 2 aromatic rings. The fourth-order valence-electron chi connectivity index (χ4n) is 3.54. The first-order chi connectivity index (χ1) is 11.3. The molecule has 120 valence electrons. The maximum Gasteiger partial charge on any atom is 0.123 e. The number of hydrogen-bond donors (Lipinski definition) is 0. The van der Waals surface area contributed by atoms with Gasteiger partial charge in [-0.05, 0) is 42.3 Å². The third-order valence-electron chi connectivity index (χ3n) is 4.88. The van der Waals surface area contributed by atoms with E-state index < -0.39 is 0 Å². The summed E-state index contributed by atoms with van der Waals surface area (Å²) in [4.78, 5) is 4.85. The minimum absolute atomic E-state index is 0.176. The molecule has 2 aromatic carbocycles. The number of anilines is 1. The van der Waals surface area contributed by atoms with E-state index >= 15 is 0 Å². The highest BCUT2D eigenvalue weighted by molar-refractivity contribution is 5.46. The molecule has 0 N–H and O–H groups in total. The van der Waals surface area contributed by atoms with E-state index in [0.717, 1.165) is 50.6 Å². The second-order valence-corrected chi connectivity index (χ2v) is 6.28. The Hall–Kier alpha value is -2.07. The van der Waals surface area contributed by atoms with Gasteiger partial charge in [0.15, 0.2) is 0 Å². The summed E-state index contributed by atoms with van der Waals surface area (Å²) in [5.74, 6) is 0.860. The minimum Gasteiger partial charge on any atom is -0.492 e. The number of benzene rings is 2. The molecule has 1 saturated heterocycles. The Labute approximate surface area is 136 Å². The van der Waals surface area contributed by atoms with Gasteiger partial charge in [-0.3, -0.25) is 4.90 Å². The van der Waals surface area contributed by atoms with Gasteiger partial charge < -0.3 is 9.64 Å². The van der Waals surface area contributed by atoms with Gasteiger partial charge in [0.25, 0.3) is 0 Å². The summed E-state index contributed by atoms with van der Waals surface area (Å²) in [7, 11) is 0. The SMILES string of the molecule is Fc1ccc(N2CCN([C@@H]3COc4ccccc4C3)CC2)cc1. The van der Waals surface area contributed by atoms with Crippen molar-refractivity contribution in [3.63, 3.8) is 0 Å². The molecule has 2 heterocycles. The van der Waals surface area contributed by atoms with Crippen molar-refractivity contribution in [3.8, 4) is 5.75 Å². The van der Waals surface area contributed by atoms with Crippen LogP contribution in [0.15, 0.2) is 48.5 Å². The van der Waals surface area contributed by atoms with Gasteiger partial charge >= 0.3 is 0 Å². The zero-order valence-electron chi connectivity index (χ0n) is 13.1. The molecular formula is C19H21FN2O. The summed E-state index contributed by atoms with van der Waals surface area (Å²) in [5.41, 5.74) is 2.42. The topological polar surface area (TPSA) is 15.7 Å². The molecule has 0 spiro atoms. The number of piperazine rings is 1. The predicted octanol–water partition coefficient (Wildman–Crippen LogP) is 2.95. The van der Waals surface area contributed by atoms with Crippen molar-refractivity contribution in [1.82, 2.24) is 4.90 Å². The molecule has 2 aliphatic heterocycles. The molecule has 0 unspecified atom stereocenters. The van der Waals surface area contributed by atoms with E-state index in [1.54, 1.807) is 0 Å². The van der Waals surface area contributed by atoms with E-state index in [0.29, 0.717) is 6.04 Å². The van der Waals surface area contributed by atoms with E-state index in [1.807, 2.05) is 18.2 Å². The molecule has 0 saturated carbocycles. The Morgan fingerprint density at radius 3 is 2.43 bits per heavy atom. The lowest BCUT2D eigenvalue weighted by Gasteiger charge is -2.41. The quantitative estimate of drug-likeness (QED) is 0.848. The molecule has 4 heteroatoms. The van der Waals surface area contributed by atoms with Crippen LogP contribution < -0.4 is 9.64 Å². The van der Waals surface area contributed by atoms with Crippen molar-refractivity contribution in [1.29, 1.82) is 0 Å². The van der Waals surface area contributed by atoms with Crippen LogP contribution in [-0.4, -0.2) is 43.7 Å². The maximum atomic E-state index is 13.0. The molecule has 0 bridgehead atoms. The number of nitrogens with zero attached hydrogens (tertiary/aromatic N) is 2. The molecule has 2 aliphatic rings. The van der Waals surface area contributed by atoms with Crippen LogP contribution >= 0.6 is 0 Å². The largest absolute Gasteiger partial charge is 0.492 e. The molecule has 0 radical (unpaired) electrons. The Morgan fingerprint density at radius 2 is 1.65 bits per heavy atom. The van der Waals surface area contributed by atoms with Gasteiger partial charge in [-0.15, -0.1) is 0 Å². The van der Waals surface area contributed by atoms with Crippen LogP contribution in [0.25, 0.3) is 0 Å². The molecule has 0 amide bonds. The van der Waals surface area contributed by atoms with Crippen molar-refractivity contribution < 1.29 is 9.13 Å². The van der Waals surface area contributed by atoms with Gasteiger partial charge in [-0.25, -0.2) is 4.39 Å². The average molecular weight is 312 g/mol. The van der Waals surface area contributed by atoms with Crippen molar-refractivity contribution in [2.45, 2.75) is 12.5 Å². The van der Waals surface area contributed by atoms with Gasteiger partial charge in [0.2, 0.25) is 0 Å². The van der Waals surface area contributed by atoms with Crippen molar-refractivity contribution in [3.05, 3.63) is 59.9 Å². The predicted molar refractivity (Wildman–Crippen MR) is 89.6 cm³/mol. The average Bonchev–Trinajstić information content (AvgIpc) is 2.62.